The summed E-state index contributed by atoms with van der Waals surface area (Å²) in [4.78, 5) is 5.12. The molecule has 4 aliphatic rings. The van der Waals surface area contributed by atoms with Crippen LogP contribution in [0.4, 0.5) is 0 Å². The standard InChI is InChI=1S/C26H31N5/c1-19(21-9-11-22(12-10-21)26(27)15-5-16-26)29-24-14-17-31-18-28-30-25(31)23(24)13-8-20-6-3-2-4-7-20/h2-4,6,8-11,13-14,17-18,20,22-24H,5,7,12,15-16,27H2,1H3/b13-8+,29-19?. The molecule has 1 aromatic heterocycles. The maximum atomic E-state index is 6.54. The SMILES string of the molecule is CC(=NC1C=Cn2cnnc2C1/C=C/C1C=CC=CC1)C1=CCC(C2(N)CCC2)C=C1. The summed E-state index contributed by atoms with van der Waals surface area (Å²) in [6, 6.07) is 0.00979. The minimum Gasteiger partial charge on any atom is -0.325 e. The van der Waals surface area contributed by atoms with Gasteiger partial charge in [-0.3, -0.25) is 9.56 Å². The molecule has 0 spiro atoms. The first-order valence-corrected chi connectivity index (χ1v) is 11.4. The van der Waals surface area contributed by atoms with Crippen LogP contribution in [0.1, 0.15) is 50.8 Å². The van der Waals surface area contributed by atoms with E-state index in [0.717, 1.165) is 37.2 Å². The van der Waals surface area contributed by atoms with E-state index in [1.165, 1.54) is 12.0 Å². The zero-order valence-electron chi connectivity index (χ0n) is 18.1. The van der Waals surface area contributed by atoms with Gasteiger partial charge in [-0.05, 0) is 62.5 Å². The van der Waals surface area contributed by atoms with Crippen molar-refractivity contribution in [2.24, 2.45) is 22.6 Å². The van der Waals surface area contributed by atoms with Gasteiger partial charge in [0.1, 0.15) is 12.2 Å². The van der Waals surface area contributed by atoms with Gasteiger partial charge < -0.3 is 5.73 Å². The Morgan fingerprint density at radius 1 is 1.19 bits per heavy atom. The van der Waals surface area contributed by atoms with Crippen LogP contribution in [-0.2, 0) is 0 Å². The highest BCUT2D eigenvalue weighted by Crippen LogP contribution is 2.40. The van der Waals surface area contributed by atoms with E-state index in [2.05, 4.69) is 77.9 Å². The second kappa shape index (κ2) is 8.39. The van der Waals surface area contributed by atoms with Crippen LogP contribution in [0, 0.1) is 11.8 Å². The number of aromatic nitrogens is 3. The predicted molar refractivity (Wildman–Crippen MR) is 127 cm³/mol. The van der Waals surface area contributed by atoms with Crippen LogP contribution in [0.3, 0.4) is 0 Å². The summed E-state index contributed by atoms with van der Waals surface area (Å²) in [6.07, 6.45) is 31.6. The van der Waals surface area contributed by atoms with Crippen molar-refractivity contribution in [1.82, 2.24) is 14.8 Å². The van der Waals surface area contributed by atoms with Gasteiger partial charge in [-0.15, -0.1) is 10.2 Å². The summed E-state index contributed by atoms with van der Waals surface area (Å²) in [5.41, 5.74) is 8.83. The smallest absolute Gasteiger partial charge is 0.146 e. The van der Waals surface area contributed by atoms with Crippen LogP contribution in [0.5, 0.6) is 0 Å². The average molecular weight is 414 g/mol. The molecule has 4 unspecified atom stereocenters. The van der Waals surface area contributed by atoms with Gasteiger partial charge in [0, 0.05) is 17.5 Å². The Hall–Kier alpha value is -2.79. The molecule has 5 heteroatoms. The number of allylic oxidation sites excluding steroid dienone is 8. The van der Waals surface area contributed by atoms with Crippen molar-refractivity contribution in [3.63, 3.8) is 0 Å². The molecular formula is C26H31N5. The molecule has 5 nitrogen and oxygen atoms in total. The topological polar surface area (TPSA) is 69.1 Å². The molecule has 0 amide bonds. The normalized spacial score (nSPS) is 31.5. The molecule has 0 saturated heterocycles. The first-order chi connectivity index (χ1) is 15.1. The summed E-state index contributed by atoms with van der Waals surface area (Å²) >= 11 is 0. The Balaban J connectivity index is 1.34. The number of aliphatic imine (C=N–C) groups is 1. The number of nitrogens with zero attached hydrogens (tertiary/aromatic N) is 4. The summed E-state index contributed by atoms with van der Waals surface area (Å²) in [5.74, 6) is 1.90. The summed E-state index contributed by atoms with van der Waals surface area (Å²) in [6.45, 7) is 2.11. The molecule has 31 heavy (non-hydrogen) atoms. The van der Waals surface area contributed by atoms with Gasteiger partial charge in [0.15, 0.2) is 0 Å². The largest absolute Gasteiger partial charge is 0.325 e. The summed E-state index contributed by atoms with van der Waals surface area (Å²) < 4.78 is 2.00. The Kier molecular flexibility index (Phi) is 5.45. The number of nitrogens with two attached hydrogens (primary N) is 1. The lowest BCUT2D eigenvalue weighted by molar-refractivity contribution is 0.183. The highest BCUT2D eigenvalue weighted by molar-refractivity contribution is 6.01. The van der Waals surface area contributed by atoms with E-state index in [1.807, 2.05) is 10.8 Å². The fourth-order valence-electron chi connectivity index (χ4n) is 4.96. The monoisotopic (exact) mass is 413 g/mol. The van der Waals surface area contributed by atoms with E-state index < -0.39 is 0 Å². The van der Waals surface area contributed by atoms with Gasteiger partial charge in [-0.1, -0.05) is 54.7 Å². The van der Waals surface area contributed by atoms with Crippen LogP contribution in [0.2, 0.25) is 0 Å². The zero-order chi connectivity index (χ0) is 21.3. The molecule has 4 atom stereocenters. The minimum absolute atomic E-state index is 0.00979. The fourth-order valence-corrected chi connectivity index (χ4v) is 4.96. The molecule has 160 valence electrons. The molecule has 1 fully saturated rings. The van der Waals surface area contributed by atoms with Gasteiger partial charge in [0.05, 0.1) is 12.0 Å². The molecule has 2 N–H and O–H groups in total. The number of fused-ring (bicyclic) bond motifs is 1. The van der Waals surface area contributed by atoms with E-state index in [-0.39, 0.29) is 17.5 Å². The van der Waals surface area contributed by atoms with Crippen LogP contribution >= 0.6 is 0 Å². The van der Waals surface area contributed by atoms with Gasteiger partial charge in [-0.25, -0.2) is 0 Å². The van der Waals surface area contributed by atoms with Crippen molar-refractivity contribution in [3.05, 3.63) is 78.5 Å². The molecule has 0 bridgehead atoms. The number of hydrogen-bond donors (Lipinski definition) is 1. The van der Waals surface area contributed by atoms with Crippen molar-refractivity contribution in [1.29, 1.82) is 0 Å². The van der Waals surface area contributed by atoms with Crippen LogP contribution in [0.25, 0.3) is 6.20 Å². The molecule has 3 aliphatic carbocycles. The maximum Gasteiger partial charge on any atom is 0.146 e. The molecule has 1 aromatic rings. The molecule has 0 aromatic carbocycles. The Morgan fingerprint density at radius 3 is 2.81 bits per heavy atom. The van der Waals surface area contributed by atoms with Crippen molar-refractivity contribution < 1.29 is 0 Å². The molecule has 2 heterocycles. The van der Waals surface area contributed by atoms with Crippen LogP contribution in [-0.4, -0.2) is 32.1 Å². The van der Waals surface area contributed by atoms with E-state index in [9.17, 15) is 0 Å². The van der Waals surface area contributed by atoms with E-state index >= 15 is 0 Å². The van der Waals surface area contributed by atoms with E-state index in [1.54, 1.807) is 6.33 Å². The second-order valence-electron chi connectivity index (χ2n) is 9.21. The number of hydrogen-bond acceptors (Lipinski definition) is 4. The average Bonchev–Trinajstić information content (AvgIpc) is 3.26. The zero-order valence-corrected chi connectivity index (χ0v) is 18.1. The molecule has 1 saturated carbocycles. The predicted octanol–water partition coefficient (Wildman–Crippen LogP) is 4.75. The van der Waals surface area contributed by atoms with Crippen molar-refractivity contribution in [2.45, 2.75) is 56.5 Å². The lowest BCUT2D eigenvalue weighted by Gasteiger charge is -2.44. The molecular weight excluding hydrogens is 382 g/mol. The van der Waals surface area contributed by atoms with Gasteiger partial charge in [-0.2, -0.15) is 0 Å². The van der Waals surface area contributed by atoms with Crippen molar-refractivity contribution >= 4 is 11.9 Å². The number of rotatable bonds is 5. The first-order valence-electron chi connectivity index (χ1n) is 11.4. The van der Waals surface area contributed by atoms with Crippen molar-refractivity contribution in [3.8, 4) is 0 Å². The first kappa shape index (κ1) is 20.1. The minimum atomic E-state index is 0.00979. The fraction of sp³-hybridized carbons (Fsp3) is 0.423. The molecule has 0 radical (unpaired) electrons. The molecule has 5 rings (SSSR count). The third-order valence-electron chi connectivity index (χ3n) is 7.17. The Morgan fingerprint density at radius 2 is 2.10 bits per heavy atom. The highest BCUT2D eigenvalue weighted by Gasteiger charge is 2.39. The third kappa shape index (κ3) is 4.07. The third-order valence-corrected chi connectivity index (χ3v) is 7.17. The lowest BCUT2D eigenvalue weighted by Crippen LogP contribution is -2.52. The highest BCUT2D eigenvalue weighted by atomic mass is 15.3. The Bertz CT molecular complexity index is 1030. The lowest BCUT2D eigenvalue weighted by atomic mass is 9.66. The van der Waals surface area contributed by atoms with E-state index in [0.29, 0.717) is 11.8 Å². The van der Waals surface area contributed by atoms with Gasteiger partial charge in [0.25, 0.3) is 0 Å². The van der Waals surface area contributed by atoms with Gasteiger partial charge in [0.2, 0.25) is 0 Å². The second-order valence-corrected chi connectivity index (χ2v) is 9.21. The van der Waals surface area contributed by atoms with E-state index in [4.69, 9.17) is 10.7 Å². The van der Waals surface area contributed by atoms with Crippen LogP contribution < -0.4 is 5.73 Å². The quantitative estimate of drug-likeness (QED) is 0.559. The Labute approximate surface area is 184 Å². The summed E-state index contributed by atoms with van der Waals surface area (Å²) in [5, 5.41) is 8.51. The van der Waals surface area contributed by atoms with Gasteiger partial charge >= 0.3 is 0 Å². The van der Waals surface area contributed by atoms with Crippen LogP contribution in [0.15, 0.2) is 77.7 Å². The maximum absolute atomic E-state index is 6.54. The molecule has 1 aliphatic heterocycles. The summed E-state index contributed by atoms with van der Waals surface area (Å²) in [7, 11) is 0. The van der Waals surface area contributed by atoms with Crippen molar-refractivity contribution in [2.75, 3.05) is 0 Å².